The van der Waals surface area contributed by atoms with Crippen molar-refractivity contribution in [2.24, 2.45) is 0 Å². The van der Waals surface area contributed by atoms with Crippen LogP contribution in [0.15, 0.2) is 24.3 Å². The van der Waals surface area contributed by atoms with Crippen LogP contribution < -0.4 is 4.74 Å². The Morgan fingerprint density at radius 3 is 2.27 bits per heavy atom. The van der Waals surface area contributed by atoms with E-state index in [1.165, 1.54) is 38.5 Å². The number of carbonyl (C=O) groups excluding carboxylic acids is 1. The van der Waals surface area contributed by atoms with E-state index in [9.17, 15) is 4.79 Å². The van der Waals surface area contributed by atoms with Crippen LogP contribution >= 0.6 is 0 Å². The molecule has 1 N–H and O–H groups in total. The number of ether oxygens (including phenoxy) is 3. The molecular formula is C24H37NO5. The van der Waals surface area contributed by atoms with Gasteiger partial charge in [-0.25, -0.2) is 4.79 Å². The molecule has 1 aromatic carbocycles. The Morgan fingerprint density at radius 2 is 1.63 bits per heavy atom. The third-order valence-corrected chi connectivity index (χ3v) is 6.26. The van der Waals surface area contributed by atoms with Gasteiger partial charge in [0.1, 0.15) is 5.75 Å². The Hall–Kier alpha value is -1.79. The molecule has 1 amide bonds. The standard InChI is InChI=1S/C24H37NO5/c1-28-20-14-12-19(13-15-20)17-25-21-18-29-22(23(21)30-24(25)27)11-9-7-5-3-2-4-6-8-10-16-26/h12-15,21-23,26H,2-11,16-18H2,1H3/t21-,22-,23-/m0/s1. The lowest BCUT2D eigenvalue weighted by Gasteiger charge is -2.19. The van der Waals surface area contributed by atoms with Gasteiger partial charge in [0.25, 0.3) is 0 Å². The van der Waals surface area contributed by atoms with Crippen molar-refractivity contribution in [2.45, 2.75) is 89.0 Å². The second-order valence-electron chi connectivity index (χ2n) is 8.46. The number of carbonyl (C=O) groups is 1. The molecule has 0 unspecified atom stereocenters. The highest BCUT2D eigenvalue weighted by molar-refractivity contribution is 5.71. The fourth-order valence-corrected chi connectivity index (χ4v) is 4.45. The number of methoxy groups -OCH3 is 1. The number of aliphatic hydroxyl groups is 1. The quantitative estimate of drug-likeness (QED) is 0.444. The summed E-state index contributed by atoms with van der Waals surface area (Å²) in [6.45, 7) is 1.42. The molecule has 6 heteroatoms. The van der Waals surface area contributed by atoms with E-state index in [1.807, 2.05) is 29.2 Å². The minimum absolute atomic E-state index is 0.0172. The van der Waals surface area contributed by atoms with E-state index in [-0.39, 0.29) is 24.3 Å². The second-order valence-corrected chi connectivity index (χ2v) is 8.46. The van der Waals surface area contributed by atoms with Crippen molar-refractivity contribution in [3.8, 4) is 5.75 Å². The Morgan fingerprint density at radius 1 is 1.00 bits per heavy atom. The Kier molecular flexibility index (Phi) is 9.27. The normalized spacial score (nSPS) is 22.9. The first-order valence-corrected chi connectivity index (χ1v) is 11.6. The number of amides is 1. The molecule has 2 fully saturated rings. The zero-order valence-corrected chi connectivity index (χ0v) is 18.3. The van der Waals surface area contributed by atoms with Crippen LogP contribution in [0.25, 0.3) is 0 Å². The van der Waals surface area contributed by atoms with E-state index in [4.69, 9.17) is 19.3 Å². The lowest BCUT2D eigenvalue weighted by atomic mass is 10.0. The summed E-state index contributed by atoms with van der Waals surface area (Å²) in [6, 6.07) is 7.82. The Bertz CT molecular complexity index is 635. The number of aliphatic hydroxyl groups excluding tert-OH is 1. The summed E-state index contributed by atoms with van der Waals surface area (Å²) < 4.78 is 16.9. The third kappa shape index (κ3) is 6.35. The van der Waals surface area contributed by atoms with Gasteiger partial charge in [-0.05, 0) is 30.5 Å². The maximum Gasteiger partial charge on any atom is 0.410 e. The number of fused-ring (bicyclic) bond motifs is 1. The van der Waals surface area contributed by atoms with Gasteiger partial charge in [0.05, 0.1) is 25.9 Å². The predicted molar refractivity (Wildman–Crippen MR) is 116 cm³/mol. The first kappa shape index (κ1) is 22.9. The zero-order chi connectivity index (χ0) is 21.2. The summed E-state index contributed by atoms with van der Waals surface area (Å²) >= 11 is 0. The first-order chi connectivity index (χ1) is 14.7. The van der Waals surface area contributed by atoms with Gasteiger partial charge in [-0.2, -0.15) is 0 Å². The van der Waals surface area contributed by atoms with E-state index in [0.29, 0.717) is 19.8 Å². The molecule has 0 spiro atoms. The molecule has 0 bridgehead atoms. The second kappa shape index (κ2) is 12.2. The molecule has 0 saturated carbocycles. The van der Waals surface area contributed by atoms with Crippen molar-refractivity contribution in [2.75, 3.05) is 20.3 Å². The fourth-order valence-electron chi connectivity index (χ4n) is 4.45. The smallest absolute Gasteiger partial charge is 0.410 e. The molecule has 30 heavy (non-hydrogen) atoms. The van der Waals surface area contributed by atoms with Crippen LogP contribution in [0.5, 0.6) is 5.75 Å². The molecule has 0 aromatic heterocycles. The monoisotopic (exact) mass is 419 g/mol. The van der Waals surface area contributed by atoms with Gasteiger partial charge in [0.2, 0.25) is 0 Å². The van der Waals surface area contributed by atoms with Crippen molar-refractivity contribution >= 4 is 6.09 Å². The van der Waals surface area contributed by atoms with Gasteiger partial charge in [0, 0.05) is 13.2 Å². The molecule has 3 rings (SSSR count). The SMILES string of the molecule is COc1ccc(CN2C(=O)O[C@@H]3[C@H](CCCCCCCCCCCO)OC[C@@H]32)cc1. The average Bonchev–Trinajstić information content (AvgIpc) is 3.29. The van der Waals surface area contributed by atoms with Crippen LogP contribution in [0.4, 0.5) is 4.79 Å². The third-order valence-electron chi connectivity index (χ3n) is 6.26. The van der Waals surface area contributed by atoms with Gasteiger partial charge in [0.15, 0.2) is 6.10 Å². The van der Waals surface area contributed by atoms with Gasteiger partial charge >= 0.3 is 6.09 Å². The molecule has 0 aliphatic carbocycles. The molecule has 1 aromatic rings. The average molecular weight is 420 g/mol. The topological polar surface area (TPSA) is 68.2 Å². The van der Waals surface area contributed by atoms with E-state index in [1.54, 1.807) is 7.11 Å². The number of hydrogen-bond donors (Lipinski definition) is 1. The maximum absolute atomic E-state index is 12.4. The van der Waals surface area contributed by atoms with E-state index in [0.717, 1.165) is 37.0 Å². The van der Waals surface area contributed by atoms with Gasteiger partial charge in [-0.1, -0.05) is 63.5 Å². The molecule has 2 heterocycles. The molecular weight excluding hydrogens is 382 g/mol. The van der Waals surface area contributed by atoms with Crippen LogP contribution in [-0.2, 0) is 16.0 Å². The van der Waals surface area contributed by atoms with Crippen LogP contribution in [0.3, 0.4) is 0 Å². The number of rotatable bonds is 14. The lowest BCUT2D eigenvalue weighted by Crippen LogP contribution is -2.36. The summed E-state index contributed by atoms with van der Waals surface area (Å²) in [5.74, 6) is 0.812. The van der Waals surface area contributed by atoms with Crippen LogP contribution in [-0.4, -0.2) is 54.7 Å². The molecule has 3 atom stereocenters. The molecule has 2 aliphatic heterocycles. The zero-order valence-electron chi connectivity index (χ0n) is 18.3. The highest BCUT2D eigenvalue weighted by Gasteiger charge is 2.50. The van der Waals surface area contributed by atoms with Crippen molar-refractivity contribution < 1.29 is 24.1 Å². The number of nitrogens with zero attached hydrogens (tertiary/aromatic N) is 1. The summed E-state index contributed by atoms with van der Waals surface area (Å²) in [5.41, 5.74) is 1.06. The van der Waals surface area contributed by atoms with E-state index < -0.39 is 0 Å². The van der Waals surface area contributed by atoms with Crippen LogP contribution in [0.2, 0.25) is 0 Å². The molecule has 0 radical (unpaired) electrons. The van der Waals surface area contributed by atoms with Crippen molar-refractivity contribution in [3.63, 3.8) is 0 Å². The maximum atomic E-state index is 12.4. The van der Waals surface area contributed by atoms with Gasteiger partial charge in [-0.15, -0.1) is 0 Å². The van der Waals surface area contributed by atoms with Gasteiger partial charge < -0.3 is 19.3 Å². The highest BCUT2D eigenvalue weighted by atomic mass is 16.6. The summed E-state index contributed by atoms with van der Waals surface area (Å²) in [6.07, 6.45) is 11.4. The fraction of sp³-hybridized carbons (Fsp3) is 0.708. The lowest BCUT2D eigenvalue weighted by molar-refractivity contribution is 0.0234. The minimum Gasteiger partial charge on any atom is -0.497 e. The molecule has 6 nitrogen and oxygen atoms in total. The van der Waals surface area contributed by atoms with E-state index >= 15 is 0 Å². The molecule has 168 valence electrons. The number of unbranched alkanes of at least 4 members (excludes halogenated alkanes) is 8. The number of benzene rings is 1. The van der Waals surface area contributed by atoms with Gasteiger partial charge in [-0.3, -0.25) is 4.90 Å². The minimum atomic E-state index is -0.227. The van der Waals surface area contributed by atoms with Crippen molar-refractivity contribution in [1.82, 2.24) is 4.90 Å². The van der Waals surface area contributed by atoms with Crippen molar-refractivity contribution in [1.29, 1.82) is 0 Å². The molecule has 2 saturated heterocycles. The highest BCUT2D eigenvalue weighted by Crippen LogP contribution is 2.33. The number of hydrogen-bond acceptors (Lipinski definition) is 5. The Balaban J connectivity index is 1.33. The molecule has 2 aliphatic rings. The van der Waals surface area contributed by atoms with Crippen LogP contribution in [0, 0.1) is 0 Å². The van der Waals surface area contributed by atoms with E-state index in [2.05, 4.69) is 0 Å². The predicted octanol–water partition coefficient (Wildman–Crippen LogP) is 4.68. The van der Waals surface area contributed by atoms with Crippen LogP contribution in [0.1, 0.15) is 69.8 Å². The summed E-state index contributed by atoms with van der Waals surface area (Å²) in [7, 11) is 1.65. The summed E-state index contributed by atoms with van der Waals surface area (Å²) in [5, 5.41) is 8.78. The summed E-state index contributed by atoms with van der Waals surface area (Å²) in [4.78, 5) is 14.2. The van der Waals surface area contributed by atoms with Crippen molar-refractivity contribution in [3.05, 3.63) is 29.8 Å². The largest absolute Gasteiger partial charge is 0.497 e. The Labute approximate surface area is 180 Å². The first-order valence-electron chi connectivity index (χ1n) is 11.6.